The van der Waals surface area contributed by atoms with E-state index in [1.165, 1.54) is 5.56 Å². The van der Waals surface area contributed by atoms with Gasteiger partial charge in [-0.1, -0.05) is 44.2 Å². The topological polar surface area (TPSA) is 12.5 Å². The fraction of sp³-hybridized carbons (Fsp3) is 0.625. The average molecular weight is 249 g/mol. The number of rotatable bonds is 5. The van der Waals surface area contributed by atoms with E-state index in [4.69, 9.17) is 4.84 Å². The van der Waals surface area contributed by atoms with Crippen LogP contribution >= 0.6 is 0 Å². The van der Waals surface area contributed by atoms with Gasteiger partial charge in [0.1, 0.15) is 6.10 Å². The Morgan fingerprint density at radius 1 is 1.06 bits per heavy atom. The minimum absolute atomic E-state index is 0.0211. The normalized spacial score (nSPS) is 14.2. The van der Waals surface area contributed by atoms with Gasteiger partial charge in [0.15, 0.2) is 0 Å². The molecule has 1 aromatic rings. The molecule has 0 aliphatic carbocycles. The zero-order valence-electron chi connectivity index (χ0n) is 12.6. The van der Waals surface area contributed by atoms with E-state index >= 15 is 0 Å². The molecule has 0 saturated carbocycles. The predicted octanol–water partition coefficient (Wildman–Crippen LogP) is 4.44. The summed E-state index contributed by atoms with van der Waals surface area (Å²) in [6.45, 7) is 14.0. The smallest absolute Gasteiger partial charge is 0.101 e. The first-order valence-corrected chi connectivity index (χ1v) is 6.80. The van der Waals surface area contributed by atoms with Crippen LogP contribution in [0.3, 0.4) is 0 Å². The van der Waals surface area contributed by atoms with E-state index in [1.54, 1.807) is 0 Å². The van der Waals surface area contributed by atoms with Gasteiger partial charge in [-0.3, -0.25) is 4.84 Å². The van der Waals surface area contributed by atoms with Gasteiger partial charge >= 0.3 is 0 Å². The summed E-state index contributed by atoms with van der Waals surface area (Å²) in [6, 6.07) is 10.4. The average Bonchev–Trinajstić information content (AvgIpc) is 2.27. The van der Waals surface area contributed by atoms with Crippen LogP contribution in [-0.4, -0.2) is 17.1 Å². The third-order valence-corrected chi connectivity index (χ3v) is 2.83. The lowest BCUT2D eigenvalue weighted by Gasteiger charge is -2.37. The first-order valence-electron chi connectivity index (χ1n) is 6.80. The Labute approximate surface area is 112 Å². The fourth-order valence-corrected chi connectivity index (χ4v) is 1.78. The molecule has 0 bridgehead atoms. The molecule has 1 unspecified atom stereocenters. The second kappa shape index (κ2) is 6.35. The molecule has 102 valence electrons. The molecule has 0 amide bonds. The quantitative estimate of drug-likeness (QED) is 0.715. The monoisotopic (exact) mass is 249 g/mol. The molecule has 0 aromatic heterocycles. The minimum atomic E-state index is 0.0211. The van der Waals surface area contributed by atoms with Crippen molar-refractivity contribution in [2.75, 3.05) is 6.54 Å². The summed E-state index contributed by atoms with van der Waals surface area (Å²) in [5.41, 5.74) is 1.24. The molecular formula is C16H27NO. The van der Waals surface area contributed by atoms with Crippen LogP contribution in [0.2, 0.25) is 0 Å². The second-order valence-corrected chi connectivity index (χ2v) is 6.28. The van der Waals surface area contributed by atoms with Gasteiger partial charge < -0.3 is 0 Å². The molecule has 0 N–H and O–H groups in total. The molecule has 0 radical (unpaired) electrons. The number of benzene rings is 1. The molecule has 0 saturated heterocycles. The van der Waals surface area contributed by atoms with Crippen molar-refractivity contribution >= 4 is 0 Å². The van der Waals surface area contributed by atoms with Crippen molar-refractivity contribution in [3.05, 3.63) is 35.9 Å². The van der Waals surface area contributed by atoms with Gasteiger partial charge in [0.05, 0.1) is 0 Å². The molecule has 0 aliphatic heterocycles. The summed E-state index contributed by atoms with van der Waals surface area (Å²) in [5, 5.41) is 2.11. The Morgan fingerprint density at radius 3 is 2.06 bits per heavy atom. The van der Waals surface area contributed by atoms with E-state index in [0.717, 1.165) is 6.54 Å². The van der Waals surface area contributed by atoms with Gasteiger partial charge in [-0.15, -0.1) is 0 Å². The second-order valence-electron chi connectivity index (χ2n) is 6.28. The lowest BCUT2D eigenvalue weighted by molar-refractivity contribution is -0.244. The van der Waals surface area contributed by atoms with E-state index < -0.39 is 0 Å². The summed E-state index contributed by atoms with van der Waals surface area (Å²) in [6.07, 6.45) is 0.0872. The maximum Gasteiger partial charge on any atom is 0.101 e. The molecule has 2 heteroatoms. The van der Waals surface area contributed by atoms with E-state index in [1.807, 2.05) is 6.07 Å². The van der Waals surface area contributed by atoms with Crippen molar-refractivity contribution in [1.29, 1.82) is 0 Å². The van der Waals surface area contributed by atoms with Crippen LogP contribution in [0.15, 0.2) is 30.3 Å². The Balaban J connectivity index is 2.72. The van der Waals surface area contributed by atoms with Gasteiger partial charge in [0.25, 0.3) is 0 Å². The van der Waals surface area contributed by atoms with Crippen LogP contribution in [0, 0.1) is 5.92 Å². The fourth-order valence-electron chi connectivity index (χ4n) is 1.78. The van der Waals surface area contributed by atoms with E-state index in [9.17, 15) is 0 Å². The standard InChI is InChI=1S/C16H27NO/c1-13(2)12-17(16(4,5)6)18-14(3)15-10-8-7-9-11-15/h7-11,13-14H,12H2,1-6H3. The third kappa shape index (κ3) is 4.79. The van der Waals surface area contributed by atoms with Crippen LogP contribution in [-0.2, 0) is 4.84 Å². The van der Waals surface area contributed by atoms with Crippen LogP contribution in [0.5, 0.6) is 0 Å². The number of hydroxylamine groups is 2. The molecule has 1 atom stereocenters. The molecule has 2 nitrogen and oxygen atoms in total. The zero-order valence-corrected chi connectivity index (χ0v) is 12.6. The first kappa shape index (κ1) is 15.2. The maximum absolute atomic E-state index is 6.15. The Morgan fingerprint density at radius 2 is 1.61 bits per heavy atom. The number of hydrogen-bond acceptors (Lipinski definition) is 2. The first-order chi connectivity index (χ1) is 8.30. The molecule has 18 heavy (non-hydrogen) atoms. The highest BCUT2D eigenvalue weighted by molar-refractivity contribution is 5.16. The summed E-state index contributed by atoms with van der Waals surface area (Å²) in [4.78, 5) is 6.15. The van der Waals surface area contributed by atoms with Crippen molar-refractivity contribution in [2.24, 2.45) is 5.92 Å². The minimum Gasteiger partial charge on any atom is -0.291 e. The molecule has 1 rings (SSSR count). The summed E-state index contributed by atoms with van der Waals surface area (Å²) in [7, 11) is 0. The molecule has 0 heterocycles. The molecule has 0 fully saturated rings. The highest BCUT2D eigenvalue weighted by Crippen LogP contribution is 2.24. The predicted molar refractivity (Wildman–Crippen MR) is 77.2 cm³/mol. The van der Waals surface area contributed by atoms with E-state index in [-0.39, 0.29) is 11.6 Å². The van der Waals surface area contributed by atoms with Crippen LogP contribution in [0.25, 0.3) is 0 Å². The molecule has 0 aliphatic rings. The largest absolute Gasteiger partial charge is 0.291 e. The Bertz CT molecular complexity index is 340. The van der Waals surface area contributed by atoms with Crippen LogP contribution in [0.1, 0.15) is 53.2 Å². The van der Waals surface area contributed by atoms with Gasteiger partial charge in [-0.25, -0.2) is 0 Å². The summed E-state index contributed by atoms with van der Waals surface area (Å²) in [5.74, 6) is 0.590. The van der Waals surface area contributed by atoms with Gasteiger partial charge in [-0.2, -0.15) is 5.06 Å². The van der Waals surface area contributed by atoms with Crippen molar-refractivity contribution in [3.63, 3.8) is 0 Å². The van der Waals surface area contributed by atoms with Gasteiger partial charge in [0.2, 0.25) is 0 Å². The number of nitrogens with zero attached hydrogens (tertiary/aromatic N) is 1. The molecular weight excluding hydrogens is 222 g/mol. The van der Waals surface area contributed by atoms with Crippen molar-refractivity contribution in [3.8, 4) is 0 Å². The van der Waals surface area contributed by atoms with Crippen LogP contribution < -0.4 is 0 Å². The van der Waals surface area contributed by atoms with Crippen LogP contribution in [0.4, 0.5) is 0 Å². The highest BCUT2D eigenvalue weighted by atomic mass is 16.7. The zero-order chi connectivity index (χ0) is 13.8. The van der Waals surface area contributed by atoms with Crippen molar-refractivity contribution < 1.29 is 4.84 Å². The highest BCUT2D eigenvalue weighted by Gasteiger charge is 2.25. The Kier molecular flexibility index (Phi) is 5.36. The summed E-state index contributed by atoms with van der Waals surface area (Å²) < 4.78 is 0. The third-order valence-electron chi connectivity index (χ3n) is 2.83. The maximum atomic E-state index is 6.15. The summed E-state index contributed by atoms with van der Waals surface area (Å²) >= 11 is 0. The van der Waals surface area contributed by atoms with E-state index in [2.05, 4.69) is 70.9 Å². The number of hydrogen-bond donors (Lipinski definition) is 0. The Hall–Kier alpha value is -0.860. The molecule has 0 spiro atoms. The molecule has 1 aromatic carbocycles. The van der Waals surface area contributed by atoms with Gasteiger partial charge in [0, 0.05) is 12.1 Å². The van der Waals surface area contributed by atoms with E-state index in [0.29, 0.717) is 5.92 Å². The lowest BCUT2D eigenvalue weighted by atomic mass is 10.1. The van der Waals surface area contributed by atoms with Crippen molar-refractivity contribution in [1.82, 2.24) is 5.06 Å². The lowest BCUT2D eigenvalue weighted by Crippen LogP contribution is -2.43. The van der Waals surface area contributed by atoms with Crippen molar-refractivity contribution in [2.45, 2.75) is 53.2 Å². The SMILES string of the molecule is CC(C)CN(OC(C)c1ccccc1)C(C)(C)C. The van der Waals surface area contributed by atoms with Gasteiger partial charge in [-0.05, 0) is 39.2 Å².